The van der Waals surface area contributed by atoms with Gasteiger partial charge in [-0.25, -0.2) is 0 Å². The fraction of sp³-hybridized carbons (Fsp3) is 0.875. The van der Waals surface area contributed by atoms with Crippen molar-refractivity contribution in [2.75, 3.05) is 19.7 Å². The third-order valence-corrected chi connectivity index (χ3v) is 2.12. The summed E-state index contributed by atoms with van der Waals surface area (Å²) in [6.45, 7) is 5.91. The van der Waals surface area contributed by atoms with Crippen molar-refractivity contribution in [1.82, 2.24) is 4.90 Å². The molecule has 0 N–H and O–H groups in total. The van der Waals surface area contributed by atoms with Crippen molar-refractivity contribution in [3.63, 3.8) is 0 Å². The zero-order valence-electron chi connectivity index (χ0n) is 7.47. The van der Waals surface area contributed by atoms with Gasteiger partial charge in [0.15, 0.2) is 0 Å². The maximum Gasteiger partial charge on any atom is 0.316 e. The molecular formula is C8H14ClNO2. The molecule has 1 fully saturated rings. The molecule has 0 bridgehead atoms. The Morgan fingerprint density at radius 3 is 2.83 bits per heavy atom. The van der Waals surface area contributed by atoms with Gasteiger partial charge in [0.05, 0.1) is 12.1 Å². The van der Waals surface area contributed by atoms with E-state index in [0.717, 1.165) is 6.42 Å². The minimum atomic E-state index is -0.381. The summed E-state index contributed by atoms with van der Waals surface area (Å²) >= 11 is 5.39. The largest absolute Gasteiger partial charge is 0.374 e. The first-order valence-corrected chi connectivity index (χ1v) is 4.47. The van der Waals surface area contributed by atoms with Gasteiger partial charge < -0.3 is 9.64 Å². The quantitative estimate of drug-likeness (QED) is 0.432. The van der Waals surface area contributed by atoms with Crippen LogP contribution in [0, 0.1) is 0 Å². The van der Waals surface area contributed by atoms with Gasteiger partial charge in [0.25, 0.3) is 0 Å². The second-order valence-corrected chi connectivity index (χ2v) is 3.96. The van der Waals surface area contributed by atoms with Crippen molar-refractivity contribution in [2.45, 2.75) is 25.9 Å². The number of rotatable bonds is 0. The molecule has 1 aliphatic heterocycles. The molecule has 1 amide bonds. The SMILES string of the molecule is CC1(C)CN(C(=O)Cl)CCCO1. The minimum absolute atomic E-state index is 0.263. The van der Waals surface area contributed by atoms with Crippen LogP contribution in [0.15, 0.2) is 0 Å². The van der Waals surface area contributed by atoms with Crippen molar-refractivity contribution in [2.24, 2.45) is 0 Å². The summed E-state index contributed by atoms with van der Waals surface area (Å²) in [5.41, 5.74) is -0.263. The molecule has 3 nitrogen and oxygen atoms in total. The van der Waals surface area contributed by atoms with Crippen molar-refractivity contribution in [3.05, 3.63) is 0 Å². The van der Waals surface area contributed by atoms with E-state index in [1.807, 2.05) is 13.8 Å². The molecule has 0 aromatic carbocycles. The van der Waals surface area contributed by atoms with E-state index in [1.165, 1.54) is 0 Å². The summed E-state index contributed by atoms with van der Waals surface area (Å²) in [4.78, 5) is 12.5. The Morgan fingerprint density at radius 2 is 2.25 bits per heavy atom. The molecule has 1 rings (SSSR count). The predicted octanol–water partition coefficient (Wildman–Crippen LogP) is 1.85. The highest BCUT2D eigenvalue weighted by Crippen LogP contribution is 2.17. The molecule has 0 spiro atoms. The van der Waals surface area contributed by atoms with Crippen LogP contribution in [0.5, 0.6) is 0 Å². The van der Waals surface area contributed by atoms with Gasteiger partial charge in [-0.05, 0) is 31.9 Å². The molecule has 4 heteroatoms. The fourth-order valence-corrected chi connectivity index (χ4v) is 1.48. The Hall–Kier alpha value is -0.280. The van der Waals surface area contributed by atoms with Crippen LogP contribution in [0.25, 0.3) is 0 Å². The standard InChI is InChI=1S/C8H14ClNO2/c1-8(2)6-10(7(9)11)4-3-5-12-8/h3-6H2,1-2H3. The predicted molar refractivity (Wildman–Crippen MR) is 47.5 cm³/mol. The van der Waals surface area contributed by atoms with Crippen LogP contribution in [-0.2, 0) is 4.74 Å². The van der Waals surface area contributed by atoms with Crippen LogP contribution in [-0.4, -0.2) is 35.6 Å². The fourth-order valence-electron chi connectivity index (χ4n) is 1.34. The molecule has 70 valence electrons. The summed E-state index contributed by atoms with van der Waals surface area (Å²) in [5.74, 6) is 0. The maximum absolute atomic E-state index is 10.9. The summed E-state index contributed by atoms with van der Waals surface area (Å²) < 4.78 is 5.52. The van der Waals surface area contributed by atoms with Gasteiger partial charge in [-0.15, -0.1) is 0 Å². The second-order valence-electron chi connectivity index (χ2n) is 3.64. The normalized spacial score (nSPS) is 23.4. The Kier molecular flexibility index (Phi) is 2.96. The molecule has 0 atom stereocenters. The highest BCUT2D eigenvalue weighted by Gasteiger charge is 2.27. The first kappa shape index (κ1) is 9.81. The number of carbonyl (C=O) groups is 1. The third kappa shape index (κ3) is 2.64. The lowest BCUT2D eigenvalue weighted by Crippen LogP contribution is -2.39. The van der Waals surface area contributed by atoms with E-state index >= 15 is 0 Å². The highest BCUT2D eigenvalue weighted by molar-refractivity contribution is 6.62. The summed E-state index contributed by atoms with van der Waals surface area (Å²) in [6, 6.07) is 0. The van der Waals surface area contributed by atoms with E-state index < -0.39 is 0 Å². The highest BCUT2D eigenvalue weighted by atomic mass is 35.5. The van der Waals surface area contributed by atoms with E-state index in [0.29, 0.717) is 19.7 Å². The van der Waals surface area contributed by atoms with Crippen molar-refractivity contribution in [1.29, 1.82) is 0 Å². The van der Waals surface area contributed by atoms with E-state index in [2.05, 4.69) is 0 Å². The van der Waals surface area contributed by atoms with Crippen LogP contribution >= 0.6 is 11.6 Å². The molecule has 0 saturated carbocycles. The average molecular weight is 192 g/mol. The molecule has 1 aliphatic rings. The molecule has 0 radical (unpaired) electrons. The van der Waals surface area contributed by atoms with Crippen molar-refractivity contribution < 1.29 is 9.53 Å². The smallest absolute Gasteiger partial charge is 0.316 e. The topological polar surface area (TPSA) is 29.5 Å². The monoisotopic (exact) mass is 191 g/mol. The Bertz CT molecular complexity index is 182. The van der Waals surface area contributed by atoms with Crippen LogP contribution < -0.4 is 0 Å². The second kappa shape index (κ2) is 3.62. The van der Waals surface area contributed by atoms with Gasteiger partial charge in [0, 0.05) is 13.2 Å². The Morgan fingerprint density at radius 1 is 1.58 bits per heavy atom. The first-order valence-electron chi connectivity index (χ1n) is 4.10. The lowest BCUT2D eigenvalue weighted by Gasteiger charge is -2.27. The first-order chi connectivity index (χ1) is 5.51. The van der Waals surface area contributed by atoms with Gasteiger partial charge in [-0.3, -0.25) is 4.79 Å². The number of hydrogen-bond donors (Lipinski definition) is 0. The summed E-state index contributed by atoms with van der Waals surface area (Å²) in [5, 5.41) is -0.381. The average Bonchev–Trinajstić information content (AvgIpc) is 2.10. The van der Waals surface area contributed by atoms with Crippen LogP contribution in [0.3, 0.4) is 0 Å². The Labute approximate surface area is 77.6 Å². The van der Waals surface area contributed by atoms with E-state index in [4.69, 9.17) is 16.3 Å². The lowest BCUT2D eigenvalue weighted by molar-refractivity contribution is -0.0123. The third-order valence-electron chi connectivity index (χ3n) is 1.89. The molecular weight excluding hydrogens is 178 g/mol. The number of halogens is 1. The molecule has 1 saturated heterocycles. The van der Waals surface area contributed by atoms with Gasteiger partial charge in [-0.1, -0.05) is 0 Å². The molecule has 0 aliphatic carbocycles. The van der Waals surface area contributed by atoms with Gasteiger partial charge >= 0.3 is 5.37 Å². The van der Waals surface area contributed by atoms with E-state index in [9.17, 15) is 4.79 Å². The van der Waals surface area contributed by atoms with Crippen LogP contribution in [0.2, 0.25) is 0 Å². The number of carbonyl (C=O) groups excluding carboxylic acids is 1. The van der Waals surface area contributed by atoms with E-state index in [1.54, 1.807) is 4.90 Å². The molecule has 1 heterocycles. The van der Waals surface area contributed by atoms with Gasteiger partial charge in [-0.2, -0.15) is 0 Å². The van der Waals surface area contributed by atoms with Crippen LogP contribution in [0.4, 0.5) is 4.79 Å². The van der Waals surface area contributed by atoms with E-state index in [-0.39, 0.29) is 11.0 Å². The zero-order valence-corrected chi connectivity index (χ0v) is 8.23. The summed E-state index contributed by atoms with van der Waals surface area (Å²) in [6.07, 6.45) is 0.863. The number of nitrogens with zero attached hydrogens (tertiary/aromatic N) is 1. The maximum atomic E-state index is 10.9. The van der Waals surface area contributed by atoms with Crippen LogP contribution in [0.1, 0.15) is 20.3 Å². The number of amides is 1. The lowest BCUT2D eigenvalue weighted by atomic mass is 10.1. The molecule has 0 unspecified atom stereocenters. The zero-order chi connectivity index (χ0) is 9.19. The van der Waals surface area contributed by atoms with Gasteiger partial charge in [0.1, 0.15) is 0 Å². The molecule has 0 aromatic heterocycles. The number of hydrogen-bond acceptors (Lipinski definition) is 2. The number of ether oxygens (including phenoxy) is 1. The Balaban J connectivity index is 2.60. The molecule has 12 heavy (non-hydrogen) atoms. The van der Waals surface area contributed by atoms with Crippen molar-refractivity contribution in [3.8, 4) is 0 Å². The van der Waals surface area contributed by atoms with Gasteiger partial charge in [0.2, 0.25) is 0 Å². The molecule has 0 aromatic rings. The summed E-state index contributed by atoms with van der Waals surface area (Å²) in [7, 11) is 0. The minimum Gasteiger partial charge on any atom is -0.374 e. The van der Waals surface area contributed by atoms with Crippen molar-refractivity contribution >= 4 is 17.0 Å².